The van der Waals surface area contributed by atoms with Gasteiger partial charge in [0.05, 0.1) is 13.3 Å². The summed E-state index contributed by atoms with van der Waals surface area (Å²) in [6.45, 7) is 2.07. The van der Waals surface area contributed by atoms with Gasteiger partial charge in [-0.05, 0) is 48.4 Å². The van der Waals surface area contributed by atoms with Crippen LogP contribution in [0.15, 0.2) is 61.2 Å². The molecule has 0 aliphatic rings. The summed E-state index contributed by atoms with van der Waals surface area (Å²) in [5.74, 6) is 0.759. The topological polar surface area (TPSA) is 50.8 Å². The number of nitrogens with zero attached hydrogens (tertiary/aromatic N) is 2. The summed E-state index contributed by atoms with van der Waals surface area (Å²) in [6, 6.07) is 12.6. The van der Waals surface area contributed by atoms with E-state index in [2.05, 4.69) is 46.1 Å². The van der Waals surface area contributed by atoms with E-state index in [0.29, 0.717) is 0 Å². The molecule has 0 amide bonds. The molecule has 0 spiro atoms. The molecule has 4 nitrogen and oxygen atoms in total. The largest absolute Gasteiger partial charge is 0.495 e. The first-order valence-corrected chi connectivity index (χ1v) is 7.78. The molecule has 1 aromatic carbocycles. The summed E-state index contributed by atoms with van der Waals surface area (Å²) in [5.41, 5.74) is 6.70. The lowest BCUT2D eigenvalue weighted by Crippen LogP contribution is -1.86. The lowest BCUT2D eigenvalue weighted by molar-refractivity contribution is 0.413. The Morgan fingerprint density at radius 3 is 2.67 bits per heavy atom. The zero-order chi connectivity index (χ0) is 16.5. The van der Waals surface area contributed by atoms with Gasteiger partial charge in [-0.2, -0.15) is 0 Å². The third kappa shape index (κ3) is 2.52. The van der Waals surface area contributed by atoms with Crippen LogP contribution in [0.4, 0.5) is 0 Å². The van der Waals surface area contributed by atoms with Gasteiger partial charge in [-0.1, -0.05) is 6.07 Å². The number of H-pyrrole nitrogens is 1. The van der Waals surface area contributed by atoms with Crippen molar-refractivity contribution in [1.82, 2.24) is 15.0 Å². The minimum absolute atomic E-state index is 0.759. The Balaban J connectivity index is 1.80. The standard InChI is InChI=1S/C20H17N3O/c1-13-10-21-6-5-18(13)20-9-15-7-14(3-4-19(15)23-20)16-8-17(24-2)12-22-11-16/h3-12,23H,1-2H3. The summed E-state index contributed by atoms with van der Waals surface area (Å²) < 4.78 is 5.26. The molecule has 0 atom stereocenters. The lowest BCUT2D eigenvalue weighted by Gasteiger charge is -2.04. The van der Waals surface area contributed by atoms with Crippen molar-refractivity contribution in [3.05, 3.63) is 66.7 Å². The predicted molar refractivity (Wildman–Crippen MR) is 96.0 cm³/mol. The highest BCUT2D eigenvalue weighted by atomic mass is 16.5. The van der Waals surface area contributed by atoms with Crippen LogP contribution >= 0.6 is 0 Å². The molecular formula is C20H17N3O. The zero-order valence-corrected chi connectivity index (χ0v) is 13.6. The van der Waals surface area contributed by atoms with Crippen LogP contribution in [0, 0.1) is 6.92 Å². The molecule has 4 rings (SSSR count). The molecule has 118 valence electrons. The Morgan fingerprint density at radius 1 is 0.917 bits per heavy atom. The Bertz CT molecular complexity index is 1020. The fraction of sp³-hybridized carbons (Fsp3) is 0.100. The number of ether oxygens (including phenoxy) is 1. The van der Waals surface area contributed by atoms with Crippen molar-refractivity contribution in [3.8, 4) is 28.1 Å². The number of aromatic nitrogens is 3. The molecule has 0 unspecified atom stereocenters. The molecule has 3 aromatic heterocycles. The molecule has 0 bridgehead atoms. The lowest BCUT2D eigenvalue weighted by atomic mass is 10.1. The fourth-order valence-corrected chi connectivity index (χ4v) is 2.92. The van der Waals surface area contributed by atoms with E-state index in [1.54, 1.807) is 13.3 Å². The van der Waals surface area contributed by atoms with Crippen LogP contribution in [0.25, 0.3) is 33.3 Å². The van der Waals surface area contributed by atoms with Gasteiger partial charge in [0.15, 0.2) is 0 Å². The maximum atomic E-state index is 5.26. The van der Waals surface area contributed by atoms with Crippen molar-refractivity contribution in [3.63, 3.8) is 0 Å². The molecule has 0 saturated heterocycles. The third-order valence-corrected chi connectivity index (χ3v) is 4.21. The van der Waals surface area contributed by atoms with Gasteiger partial charge in [-0.15, -0.1) is 0 Å². The minimum Gasteiger partial charge on any atom is -0.495 e. The first kappa shape index (κ1) is 14.5. The number of nitrogens with one attached hydrogen (secondary N) is 1. The van der Waals surface area contributed by atoms with Gasteiger partial charge in [-0.25, -0.2) is 0 Å². The smallest absolute Gasteiger partial charge is 0.137 e. The van der Waals surface area contributed by atoms with Crippen molar-refractivity contribution < 1.29 is 4.74 Å². The number of benzene rings is 1. The van der Waals surface area contributed by atoms with Gasteiger partial charge in [-0.3, -0.25) is 9.97 Å². The van der Waals surface area contributed by atoms with Crippen LogP contribution in [0.2, 0.25) is 0 Å². The number of aryl methyl sites for hydroxylation is 1. The van der Waals surface area contributed by atoms with E-state index in [1.165, 1.54) is 10.9 Å². The second-order valence-electron chi connectivity index (χ2n) is 5.79. The Labute approximate surface area is 140 Å². The average Bonchev–Trinajstić information content (AvgIpc) is 3.05. The first-order chi connectivity index (χ1) is 11.7. The second kappa shape index (κ2) is 5.81. The Hall–Kier alpha value is -3.14. The number of fused-ring (bicyclic) bond motifs is 1. The summed E-state index contributed by atoms with van der Waals surface area (Å²) in [6.07, 6.45) is 7.27. The third-order valence-electron chi connectivity index (χ3n) is 4.21. The number of rotatable bonds is 3. The van der Waals surface area contributed by atoms with E-state index >= 15 is 0 Å². The van der Waals surface area contributed by atoms with Gasteiger partial charge in [0.25, 0.3) is 0 Å². The molecule has 3 heterocycles. The quantitative estimate of drug-likeness (QED) is 0.600. The summed E-state index contributed by atoms with van der Waals surface area (Å²) in [7, 11) is 1.65. The van der Waals surface area contributed by atoms with Crippen molar-refractivity contribution >= 4 is 10.9 Å². The molecule has 4 heteroatoms. The Kier molecular flexibility index (Phi) is 3.50. The zero-order valence-electron chi connectivity index (χ0n) is 13.6. The van der Waals surface area contributed by atoms with Crippen molar-refractivity contribution in [2.24, 2.45) is 0 Å². The molecule has 24 heavy (non-hydrogen) atoms. The molecule has 0 fully saturated rings. The molecule has 0 radical (unpaired) electrons. The second-order valence-corrected chi connectivity index (χ2v) is 5.79. The van der Waals surface area contributed by atoms with Gasteiger partial charge in [0.2, 0.25) is 0 Å². The van der Waals surface area contributed by atoms with Crippen molar-refractivity contribution in [1.29, 1.82) is 0 Å². The highest BCUT2D eigenvalue weighted by Gasteiger charge is 2.08. The minimum atomic E-state index is 0.759. The van der Waals surface area contributed by atoms with Crippen LogP contribution in [-0.2, 0) is 0 Å². The summed E-state index contributed by atoms with van der Waals surface area (Å²) >= 11 is 0. The fourth-order valence-electron chi connectivity index (χ4n) is 2.92. The number of methoxy groups -OCH3 is 1. The normalized spacial score (nSPS) is 10.9. The Morgan fingerprint density at radius 2 is 1.83 bits per heavy atom. The number of pyridine rings is 2. The number of hydrogen-bond acceptors (Lipinski definition) is 3. The van der Waals surface area contributed by atoms with Crippen molar-refractivity contribution in [2.45, 2.75) is 6.92 Å². The van der Waals surface area contributed by atoms with Crippen molar-refractivity contribution in [2.75, 3.05) is 7.11 Å². The van der Waals surface area contributed by atoms with Crippen LogP contribution in [0.1, 0.15) is 5.56 Å². The van der Waals surface area contributed by atoms with Crippen LogP contribution < -0.4 is 4.74 Å². The van der Waals surface area contributed by atoms with Crippen LogP contribution in [-0.4, -0.2) is 22.1 Å². The average molecular weight is 315 g/mol. The molecule has 4 aromatic rings. The number of hydrogen-bond donors (Lipinski definition) is 1. The first-order valence-electron chi connectivity index (χ1n) is 7.78. The van der Waals surface area contributed by atoms with E-state index in [4.69, 9.17) is 4.74 Å². The highest BCUT2D eigenvalue weighted by Crippen LogP contribution is 2.30. The SMILES string of the molecule is COc1cncc(-c2ccc3[nH]c(-c4ccncc4C)cc3c2)c1. The molecule has 0 aliphatic carbocycles. The summed E-state index contributed by atoms with van der Waals surface area (Å²) in [5, 5.41) is 1.17. The van der Waals surface area contributed by atoms with Gasteiger partial charge in [0.1, 0.15) is 5.75 Å². The molecule has 1 N–H and O–H groups in total. The molecule has 0 aliphatic heterocycles. The number of aromatic amines is 1. The van der Waals surface area contributed by atoms with E-state index in [-0.39, 0.29) is 0 Å². The molecular weight excluding hydrogens is 298 g/mol. The highest BCUT2D eigenvalue weighted by molar-refractivity contribution is 5.90. The van der Waals surface area contributed by atoms with E-state index < -0.39 is 0 Å². The predicted octanol–water partition coefficient (Wildman–Crippen LogP) is 4.61. The van der Waals surface area contributed by atoms with Gasteiger partial charge >= 0.3 is 0 Å². The maximum Gasteiger partial charge on any atom is 0.137 e. The maximum absolute atomic E-state index is 5.26. The van der Waals surface area contributed by atoms with Crippen LogP contribution in [0.5, 0.6) is 5.75 Å². The van der Waals surface area contributed by atoms with Gasteiger partial charge < -0.3 is 9.72 Å². The summed E-state index contributed by atoms with van der Waals surface area (Å²) in [4.78, 5) is 11.9. The monoisotopic (exact) mass is 315 g/mol. The van der Waals surface area contributed by atoms with Gasteiger partial charge in [0, 0.05) is 46.3 Å². The van der Waals surface area contributed by atoms with Crippen LogP contribution in [0.3, 0.4) is 0 Å². The van der Waals surface area contributed by atoms with E-state index in [0.717, 1.165) is 33.7 Å². The van der Waals surface area contributed by atoms with E-state index in [9.17, 15) is 0 Å². The van der Waals surface area contributed by atoms with E-state index in [1.807, 2.05) is 30.7 Å². The molecule has 0 saturated carbocycles.